The fraction of sp³-hybridized carbons (Fsp3) is 0.833. The summed E-state index contributed by atoms with van der Waals surface area (Å²) in [6.45, 7) is 3.61. The Bertz CT molecular complexity index is 290. The zero-order valence-electron chi connectivity index (χ0n) is 9.78. The zero-order chi connectivity index (χ0) is 11.5. The number of ketones is 1. The molecule has 90 valence electrons. The van der Waals surface area contributed by atoms with Crippen LogP contribution in [0.5, 0.6) is 0 Å². The molecule has 4 nitrogen and oxygen atoms in total. The number of amides is 1. The van der Waals surface area contributed by atoms with Crippen molar-refractivity contribution in [3.05, 3.63) is 0 Å². The van der Waals surface area contributed by atoms with Gasteiger partial charge in [0.15, 0.2) is 0 Å². The lowest BCUT2D eigenvalue weighted by atomic mass is 9.74. The number of piperidine rings is 1. The molecule has 0 bridgehead atoms. The summed E-state index contributed by atoms with van der Waals surface area (Å²) < 4.78 is 4.99. The van der Waals surface area contributed by atoms with Crippen molar-refractivity contribution < 1.29 is 14.3 Å². The van der Waals surface area contributed by atoms with Gasteiger partial charge in [-0.25, -0.2) is 4.79 Å². The Morgan fingerprint density at radius 3 is 3.06 bits per heavy atom. The monoisotopic (exact) mass is 225 g/mol. The predicted molar refractivity (Wildman–Crippen MR) is 59.1 cm³/mol. The summed E-state index contributed by atoms with van der Waals surface area (Å²) in [5.41, 5.74) is 0. The lowest BCUT2D eigenvalue weighted by Gasteiger charge is -2.39. The summed E-state index contributed by atoms with van der Waals surface area (Å²) in [7, 11) is 0. The van der Waals surface area contributed by atoms with E-state index in [1.54, 1.807) is 4.90 Å². The third-order valence-corrected chi connectivity index (χ3v) is 3.67. The van der Waals surface area contributed by atoms with Gasteiger partial charge in [-0.1, -0.05) is 0 Å². The highest BCUT2D eigenvalue weighted by Crippen LogP contribution is 2.34. The zero-order valence-corrected chi connectivity index (χ0v) is 9.78. The maximum absolute atomic E-state index is 11.7. The molecule has 0 aromatic heterocycles. The summed E-state index contributed by atoms with van der Waals surface area (Å²) >= 11 is 0. The molecule has 0 aromatic carbocycles. The second-order valence-corrected chi connectivity index (χ2v) is 4.66. The summed E-state index contributed by atoms with van der Waals surface area (Å²) in [6, 6.07) is 0. The molecule has 0 radical (unpaired) electrons. The van der Waals surface area contributed by atoms with E-state index in [1.807, 2.05) is 6.92 Å². The Morgan fingerprint density at radius 1 is 1.50 bits per heavy atom. The first kappa shape index (κ1) is 11.4. The van der Waals surface area contributed by atoms with Crippen LogP contribution in [0.1, 0.15) is 32.6 Å². The molecule has 1 aliphatic carbocycles. The van der Waals surface area contributed by atoms with Gasteiger partial charge in [0.2, 0.25) is 0 Å². The molecule has 4 heteroatoms. The van der Waals surface area contributed by atoms with Gasteiger partial charge in [-0.2, -0.15) is 0 Å². The van der Waals surface area contributed by atoms with Crippen molar-refractivity contribution in [3.63, 3.8) is 0 Å². The van der Waals surface area contributed by atoms with Crippen LogP contribution < -0.4 is 0 Å². The molecule has 1 saturated heterocycles. The molecule has 16 heavy (non-hydrogen) atoms. The summed E-state index contributed by atoms with van der Waals surface area (Å²) in [6.07, 6.45) is 3.39. The molecule has 2 rings (SSSR count). The maximum atomic E-state index is 11.7. The van der Waals surface area contributed by atoms with Gasteiger partial charge in [0, 0.05) is 25.4 Å². The molecule has 0 spiro atoms. The van der Waals surface area contributed by atoms with Crippen molar-refractivity contribution in [2.45, 2.75) is 32.6 Å². The first-order valence-corrected chi connectivity index (χ1v) is 6.16. The predicted octanol–water partition coefficient (Wildman–Crippen LogP) is 1.83. The van der Waals surface area contributed by atoms with E-state index in [2.05, 4.69) is 0 Å². The van der Waals surface area contributed by atoms with E-state index >= 15 is 0 Å². The van der Waals surface area contributed by atoms with Crippen LogP contribution in [-0.2, 0) is 9.53 Å². The minimum Gasteiger partial charge on any atom is -0.450 e. The van der Waals surface area contributed by atoms with Gasteiger partial charge >= 0.3 is 6.09 Å². The van der Waals surface area contributed by atoms with Crippen LogP contribution in [0.2, 0.25) is 0 Å². The molecular weight excluding hydrogens is 206 g/mol. The maximum Gasteiger partial charge on any atom is 0.409 e. The fourth-order valence-corrected chi connectivity index (χ4v) is 2.85. The van der Waals surface area contributed by atoms with E-state index in [0.29, 0.717) is 31.4 Å². The molecule has 0 aromatic rings. The number of hydrogen-bond donors (Lipinski definition) is 0. The van der Waals surface area contributed by atoms with Crippen molar-refractivity contribution >= 4 is 11.9 Å². The van der Waals surface area contributed by atoms with Crippen LogP contribution in [0.25, 0.3) is 0 Å². The minimum atomic E-state index is -0.223. The Kier molecular flexibility index (Phi) is 3.46. The average Bonchev–Trinajstić information content (AvgIpc) is 2.29. The van der Waals surface area contributed by atoms with E-state index in [-0.39, 0.29) is 12.0 Å². The van der Waals surface area contributed by atoms with Crippen LogP contribution in [-0.4, -0.2) is 36.5 Å². The Labute approximate surface area is 95.9 Å². The lowest BCUT2D eigenvalue weighted by Crippen LogP contribution is -2.47. The largest absolute Gasteiger partial charge is 0.450 e. The van der Waals surface area contributed by atoms with Crippen molar-refractivity contribution in [1.82, 2.24) is 4.90 Å². The molecule has 2 unspecified atom stereocenters. The highest BCUT2D eigenvalue weighted by Gasteiger charge is 2.37. The van der Waals surface area contributed by atoms with Gasteiger partial charge in [0.25, 0.3) is 0 Å². The topological polar surface area (TPSA) is 46.6 Å². The number of Topliss-reactive ketones (excluding diaryl/α,β-unsaturated/α-hetero) is 1. The molecule has 1 saturated carbocycles. The number of rotatable bonds is 1. The summed E-state index contributed by atoms with van der Waals surface area (Å²) in [5, 5.41) is 0. The smallest absolute Gasteiger partial charge is 0.409 e. The van der Waals surface area contributed by atoms with Crippen LogP contribution in [0, 0.1) is 11.8 Å². The van der Waals surface area contributed by atoms with E-state index in [9.17, 15) is 9.59 Å². The molecule has 1 amide bonds. The third-order valence-electron chi connectivity index (χ3n) is 3.67. The molecule has 2 aliphatic rings. The SMILES string of the molecule is CCOC(=O)N1CCC2C(=O)CCCC2C1. The molecular formula is C12H19NO3. The first-order chi connectivity index (χ1) is 7.72. The second-order valence-electron chi connectivity index (χ2n) is 4.66. The van der Waals surface area contributed by atoms with E-state index in [1.165, 1.54) is 0 Å². The Hall–Kier alpha value is -1.06. The number of likely N-dealkylation sites (tertiary alicyclic amines) is 1. The van der Waals surface area contributed by atoms with Gasteiger partial charge in [-0.3, -0.25) is 4.79 Å². The van der Waals surface area contributed by atoms with Crippen molar-refractivity contribution in [3.8, 4) is 0 Å². The molecule has 1 aliphatic heterocycles. The van der Waals surface area contributed by atoms with Gasteiger partial charge in [-0.15, -0.1) is 0 Å². The molecule has 1 heterocycles. The summed E-state index contributed by atoms with van der Waals surface area (Å²) in [4.78, 5) is 25.0. The number of ether oxygens (including phenoxy) is 1. The number of hydrogen-bond acceptors (Lipinski definition) is 3. The van der Waals surface area contributed by atoms with Crippen molar-refractivity contribution in [2.75, 3.05) is 19.7 Å². The molecule has 2 atom stereocenters. The minimum absolute atomic E-state index is 0.208. The normalized spacial score (nSPS) is 29.8. The van der Waals surface area contributed by atoms with E-state index in [0.717, 1.165) is 25.7 Å². The second kappa shape index (κ2) is 4.85. The standard InChI is InChI=1S/C12H19NO3/c1-2-16-12(15)13-7-6-10-9(8-13)4-3-5-11(10)14/h9-10H,2-8H2,1H3. The average molecular weight is 225 g/mol. The summed E-state index contributed by atoms with van der Waals surface area (Å²) in [5.74, 6) is 0.985. The van der Waals surface area contributed by atoms with Crippen LogP contribution in [0.4, 0.5) is 4.79 Å². The highest BCUT2D eigenvalue weighted by molar-refractivity contribution is 5.82. The van der Waals surface area contributed by atoms with Crippen molar-refractivity contribution in [2.24, 2.45) is 11.8 Å². The van der Waals surface area contributed by atoms with Crippen molar-refractivity contribution in [1.29, 1.82) is 0 Å². The van der Waals surface area contributed by atoms with Gasteiger partial charge < -0.3 is 9.64 Å². The first-order valence-electron chi connectivity index (χ1n) is 6.16. The fourth-order valence-electron chi connectivity index (χ4n) is 2.85. The molecule has 0 N–H and O–H groups in total. The van der Waals surface area contributed by atoms with E-state index in [4.69, 9.17) is 4.74 Å². The van der Waals surface area contributed by atoms with Crippen LogP contribution in [0.3, 0.4) is 0 Å². The number of carbonyl (C=O) groups excluding carboxylic acids is 2. The highest BCUT2D eigenvalue weighted by atomic mass is 16.6. The van der Waals surface area contributed by atoms with E-state index < -0.39 is 0 Å². The molecule has 2 fully saturated rings. The Balaban J connectivity index is 1.94. The van der Waals surface area contributed by atoms with Crippen LogP contribution in [0.15, 0.2) is 0 Å². The number of nitrogens with zero attached hydrogens (tertiary/aromatic N) is 1. The van der Waals surface area contributed by atoms with Gasteiger partial charge in [0.05, 0.1) is 6.61 Å². The van der Waals surface area contributed by atoms with Gasteiger partial charge in [-0.05, 0) is 32.1 Å². The Morgan fingerprint density at radius 2 is 2.31 bits per heavy atom. The quantitative estimate of drug-likeness (QED) is 0.684. The van der Waals surface area contributed by atoms with Crippen LogP contribution >= 0.6 is 0 Å². The number of carbonyl (C=O) groups is 2. The van der Waals surface area contributed by atoms with Gasteiger partial charge in [0.1, 0.15) is 5.78 Å². The third kappa shape index (κ3) is 2.20. The number of fused-ring (bicyclic) bond motifs is 1. The lowest BCUT2D eigenvalue weighted by molar-refractivity contribution is -0.128.